The molecular formula is C15H22O3. The lowest BCUT2D eigenvalue weighted by Gasteiger charge is -2.32. The molecule has 100 valence electrons. The van der Waals surface area contributed by atoms with Crippen molar-refractivity contribution in [2.75, 3.05) is 6.61 Å². The molecule has 0 saturated heterocycles. The van der Waals surface area contributed by atoms with Crippen molar-refractivity contribution in [2.45, 2.75) is 45.3 Å². The highest BCUT2D eigenvalue weighted by molar-refractivity contribution is 5.39. The molecular weight excluding hydrogens is 228 g/mol. The van der Waals surface area contributed by atoms with Crippen molar-refractivity contribution in [3.8, 4) is 11.5 Å². The average molecular weight is 250 g/mol. The Kier molecular flexibility index (Phi) is 4.48. The Labute approximate surface area is 109 Å². The van der Waals surface area contributed by atoms with Gasteiger partial charge in [-0.1, -0.05) is 19.1 Å². The van der Waals surface area contributed by atoms with E-state index in [1.54, 1.807) is 0 Å². The lowest BCUT2D eigenvalue weighted by atomic mass is 9.86. The molecule has 3 nitrogen and oxygen atoms in total. The van der Waals surface area contributed by atoms with E-state index in [9.17, 15) is 5.11 Å². The predicted octanol–water partition coefficient (Wildman–Crippen LogP) is 3.01. The number of aliphatic hydroxyl groups excluding tert-OH is 1. The first-order chi connectivity index (χ1) is 8.70. The molecule has 1 aromatic rings. The zero-order valence-electron chi connectivity index (χ0n) is 11.1. The third-order valence-electron chi connectivity index (χ3n) is 3.45. The lowest BCUT2D eigenvalue weighted by molar-refractivity contribution is -0.00884. The summed E-state index contributed by atoms with van der Waals surface area (Å²) in [6, 6.07) is 7.66. The van der Waals surface area contributed by atoms with Gasteiger partial charge < -0.3 is 14.6 Å². The van der Waals surface area contributed by atoms with Crippen LogP contribution >= 0.6 is 0 Å². The summed E-state index contributed by atoms with van der Waals surface area (Å²) in [6.07, 6.45) is 2.32. The highest BCUT2D eigenvalue weighted by Crippen LogP contribution is 2.32. The smallest absolute Gasteiger partial charge is 0.161 e. The van der Waals surface area contributed by atoms with Crippen molar-refractivity contribution in [3.63, 3.8) is 0 Å². The maximum absolute atomic E-state index is 10.0. The van der Waals surface area contributed by atoms with E-state index in [4.69, 9.17) is 9.47 Å². The van der Waals surface area contributed by atoms with E-state index >= 15 is 0 Å². The van der Waals surface area contributed by atoms with Crippen molar-refractivity contribution >= 4 is 0 Å². The third kappa shape index (κ3) is 3.16. The van der Waals surface area contributed by atoms with Gasteiger partial charge in [0.25, 0.3) is 0 Å². The van der Waals surface area contributed by atoms with Crippen LogP contribution in [-0.4, -0.2) is 23.9 Å². The molecule has 0 aliphatic heterocycles. The Balaban J connectivity index is 2.07. The van der Waals surface area contributed by atoms with Gasteiger partial charge >= 0.3 is 0 Å². The van der Waals surface area contributed by atoms with Gasteiger partial charge in [0, 0.05) is 0 Å². The second-order valence-electron chi connectivity index (χ2n) is 5.02. The molecule has 1 N–H and O–H groups in total. The fourth-order valence-electron chi connectivity index (χ4n) is 2.42. The quantitative estimate of drug-likeness (QED) is 0.892. The summed E-state index contributed by atoms with van der Waals surface area (Å²) in [5.74, 6) is 2.10. The standard InChI is InChI=1S/C15H22O3/c1-3-17-13-6-4-5-7-14(13)18-15-10-11(2)8-9-12(15)16/h4-7,11-12,15-16H,3,8-10H2,1-2H3. The largest absolute Gasteiger partial charge is 0.490 e. The van der Waals surface area contributed by atoms with Crippen LogP contribution in [0.4, 0.5) is 0 Å². The van der Waals surface area contributed by atoms with Crippen LogP contribution in [0.25, 0.3) is 0 Å². The molecule has 1 aliphatic rings. The van der Waals surface area contributed by atoms with Gasteiger partial charge in [-0.2, -0.15) is 0 Å². The molecule has 1 saturated carbocycles. The minimum atomic E-state index is -0.365. The van der Waals surface area contributed by atoms with Gasteiger partial charge in [-0.3, -0.25) is 0 Å². The maximum Gasteiger partial charge on any atom is 0.161 e. The monoisotopic (exact) mass is 250 g/mol. The molecule has 1 aromatic carbocycles. The summed E-state index contributed by atoms with van der Waals surface area (Å²) in [4.78, 5) is 0. The van der Waals surface area contributed by atoms with Crippen LogP contribution in [0.2, 0.25) is 0 Å². The number of rotatable bonds is 4. The normalized spacial score (nSPS) is 27.8. The second kappa shape index (κ2) is 6.10. The van der Waals surface area contributed by atoms with Crippen LogP contribution in [0.5, 0.6) is 11.5 Å². The van der Waals surface area contributed by atoms with Crippen molar-refractivity contribution < 1.29 is 14.6 Å². The summed E-state index contributed by atoms with van der Waals surface area (Å²) < 4.78 is 11.5. The van der Waals surface area contributed by atoms with Crippen molar-refractivity contribution in [1.29, 1.82) is 0 Å². The molecule has 1 fully saturated rings. The van der Waals surface area contributed by atoms with E-state index in [2.05, 4.69) is 6.92 Å². The van der Waals surface area contributed by atoms with Crippen LogP contribution in [0.1, 0.15) is 33.1 Å². The SMILES string of the molecule is CCOc1ccccc1OC1CC(C)CCC1O. The van der Waals surface area contributed by atoms with Crippen molar-refractivity contribution in [1.82, 2.24) is 0 Å². The number of aliphatic hydroxyl groups is 1. The van der Waals surface area contributed by atoms with Gasteiger partial charge in [-0.05, 0) is 44.2 Å². The Bertz CT molecular complexity index is 378. The first-order valence-electron chi connectivity index (χ1n) is 6.77. The van der Waals surface area contributed by atoms with E-state index in [0.29, 0.717) is 12.5 Å². The minimum Gasteiger partial charge on any atom is -0.490 e. The summed E-state index contributed by atoms with van der Waals surface area (Å²) >= 11 is 0. The number of para-hydroxylation sites is 2. The van der Waals surface area contributed by atoms with Gasteiger partial charge in [0.2, 0.25) is 0 Å². The van der Waals surface area contributed by atoms with Crippen LogP contribution < -0.4 is 9.47 Å². The molecule has 2 rings (SSSR count). The predicted molar refractivity (Wildman–Crippen MR) is 71.0 cm³/mol. The van der Waals surface area contributed by atoms with Gasteiger partial charge in [0.05, 0.1) is 12.7 Å². The van der Waals surface area contributed by atoms with Crippen LogP contribution in [-0.2, 0) is 0 Å². The summed E-state index contributed by atoms with van der Waals surface area (Å²) in [5, 5.41) is 10.0. The zero-order chi connectivity index (χ0) is 13.0. The van der Waals surface area contributed by atoms with E-state index < -0.39 is 0 Å². The van der Waals surface area contributed by atoms with Crippen LogP contribution in [0.15, 0.2) is 24.3 Å². The molecule has 3 atom stereocenters. The first-order valence-corrected chi connectivity index (χ1v) is 6.77. The van der Waals surface area contributed by atoms with Crippen molar-refractivity contribution in [2.24, 2.45) is 5.92 Å². The van der Waals surface area contributed by atoms with Crippen molar-refractivity contribution in [3.05, 3.63) is 24.3 Å². The lowest BCUT2D eigenvalue weighted by Crippen LogP contribution is -2.37. The molecule has 3 unspecified atom stereocenters. The fraction of sp³-hybridized carbons (Fsp3) is 0.600. The number of hydrogen-bond acceptors (Lipinski definition) is 3. The van der Waals surface area contributed by atoms with Gasteiger partial charge in [-0.15, -0.1) is 0 Å². The molecule has 0 heterocycles. The highest BCUT2D eigenvalue weighted by atomic mass is 16.5. The molecule has 0 amide bonds. The Morgan fingerprint density at radius 2 is 1.94 bits per heavy atom. The number of hydrogen-bond donors (Lipinski definition) is 1. The third-order valence-corrected chi connectivity index (χ3v) is 3.45. The Hall–Kier alpha value is -1.22. The molecule has 18 heavy (non-hydrogen) atoms. The first kappa shape index (κ1) is 13.2. The summed E-state index contributed by atoms with van der Waals surface area (Å²) in [5.41, 5.74) is 0. The van der Waals surface area contributed by atoms with E-state index in [0.717, 1.165) is 30.8 Å². The summed E-state index contributed by atoms with van der Waals surface area (Å²) in [7, 11) is 0. The van der Waals surface area contributed by atoms with E-state index in [1.807, 2.05) is 31.2 Å². The molecule has 1 aliphatic carbocycles. The average Bonchev–Trinajstić information content (AvgIpc) is 2.36. The van der Waals surface area contributed by atoms with Gasteiger partial charge in [0.1, 0.15) is 6.10 Å². The summed E-state index contributed by atoms with van der Waals surface area (Å²) in [6.45, 7) is 4.77. The fourth-order valence-corrected chi connectivity index (χ4v) is 2.42. The Morgan fingerprint density at radius 3 is 2.67 bits per heavy atom. The maximum atomic E-state index is 10.0. The highest BCUT2D eigenvalue weighted by Gasteiger charge is 2.29. The minimum absolute atomic E-state index is 0.115. The molecule has 0 aromatic heterocycles. The van der Waals surface area contributed by atoms with Gasteiger partial charge in [0.15, 0.2) is 11.5 Å². The van der Waals surface area contributed by atoms with E-state index in [-0.39, 0.29) is 12.2 Å². The zero-order valence-corrected chi connectivity index (χ0v) is 11.1. The van der Waals surface area contributed by atoms with Crippen LogP contribution in [0.3, 0.4) is 0 Å². The Morgan fingerprint density at radius 1 is 1.22 bits per heavy atom. The molecule has 0 spiro atoms. The number of ether oxygens (including phenoxy) is 2. The topological polar surface area (TPSA) is 38.7 Å². The van der Waals surface area contributed by atoms with E-state index in [1.165, 1.54) is 0 Å². The molecule has 0 bridgehead atoms. The second-order valence-corrected chi connectivity index (χ2v) is 5.02. The molecule has 3 heteroatoms. The van der Waals surface area contributed by atoms with Crippen LogP contribution in [0, 0.1) is 5.92 Å². The molecule has 0 radical (unpaired) electrons. The van der Waals surface area contributed by atoms with Gasteiger partial charge in [-0.25, -0.2) is 0 Å². The number of benzene rings is 1.